The van der Waals surface area contributed by atoms with Crippen LogP contribution in [0.25, 0.3) is 0 Å². The van der Waals surface area contributed by atoms with E-state index in [2.05, 4.69) is 0 Å². The van der Waals surface area contributed by atoms with Crippen molar-refractivity contribution in [2.24, 2.45) is 0 Å². The van der Waals surface area contributed by atoms with Crippen LogP contribution in [0.3, 0.4) is 0 Å². The molecule has 18 heavy (non-hydrogen) atoms. The number of hydrogen-bond acceptors (Lipinski definition) is 3. The Hall–Kier alpha value is -2.00. The molecule has 0 fully saturated rings. The average Bonchev–Trinajstić information content (AvgIpc) is 2.41. The summed E-state index contributed by atoms with van der Waals surface area (Å²) in [6, 6.07) is 13.1. The fraction of sp³-hybridized carbons (Fsp3) is 0.200. The van der Waals surface area contributed by atoms with Crippen molar-refractivity contribution in [3.8, 4) is 17.2 Å². The summed E-state index contributed by atoms with van der Waals surface area (Å²) in [7, 11) is 1.63. The van der Waals surface area contributed by atoms with E-state index in [1.165, 1.54) is 0 Å². The van der Waals surface area contributed by atoms with Crippen LogP contribution >= 0.6 is 0 Å². The van der Waals surface area contributed by atoms with Gasteiger partial charge in [0, 0.05) is 6.07 Å². The largest absolute Gasteiger partial charge is 0.497 e. The number of rotatable bonds is 4. The maximum atomic E-state index is 9.05. The summed E-state index contributed by atoms with van der Waals surface area (Å²) in [5.41, 5.74) is 1.87. The molecule has 0 unspecified atom stereocenters. The minimum absolute atomic E-state index is 0.0419. The monoisotopic (exact) mass is 244 g/mol. The number of aryl methyl sites for hydroxylation is 1. The van der Waals surface area contributed by atoms with Gasteiger partial charge < -0.3 is 14.6 Å². The van der Waals surface area contributed by atoms with Crippen LogP contribution in [0.15, 0.2) is 42.5 Å². The molecule has 2 aromatic rings. The summed E-state index contributed by atoms with van der Waals surface area (Å²) >= 11 is 0. The van der Waals surface area contributed by atoms with Gasteiger partial charge in [0.05, 0.1) is 13.7 Å². The average molecular weight is 244 g/mol. The molecule has 0 heterocycles. The molecule has 0 saturated heterocycles. The Morgan fingerprint density at radius 2 is 1.83 bits per heavy atom. The van der Waals surface area contributed by atoms with Gasteiger partial charge in [-0.3, -0.25) is 0 Å². The summed E-state index contributed by atoms with van der Waals surface area (Å²) < 4.78 is 10.9. The van der Waals surface area contributed by atoms with Gasteiger partial charge in [-0.15, -0.1) is 0 Å². The lowest BCUT2D eigenvalue weighted by molar-refractivity contribution is 0.281. The van der Waals surface area contributed by atoms with Gasteiger partial charge >= 0.3 is 0 Å². The van der Waals surface area contributed by atoms with Gasteiger partial charge in [0.25, 0.3) is 0 Å². The fourth-order valence-electron chi connectivity index (χ4n) is 1.72. The number of aliphatic hydroxyl groups is 1. The third-order valence-corrected chi connectivity index (χ3v) is 2.69. The topological polar surface area (TPSA) is 38.7 Å². The minimum Gasteiger partial charge on any atom is -0.497 e. The first kappa shape index (κ1) is 12.5. The highest BCUT2D eigenvalue weighted by molar-refractivity contribution is 5.41. The molecule has 94 valence electrons. The van der Waals surface area contributed by atoms with Crippen LogP contribution < -0.4 is 9.47 Å². The Kier molecular flexibility index (Phi) is 3.85. The molecule has 0 amide bonds. The second-order valence-corrected chi connectivity index (χ2v) is 4.04. The summed E-state index contributed by atoms with van der Waals surface area (Å²) in [6.45, 7) is 1.99. The summed E-state index contributed by atoms with van der Waals surface area (Å²) in [4.78, 5) is 0. The van der Waals surface area contributed by atoms with Gasteiger partial charge in [-0.05, 0) is 36.2 Å². The van der Waals surface area contributed by atoms with Crippen molar-refractivity contribution in [2.45, 2.75) is 13.5 Å². The number of hydrogen-bond donors (Lipinski definition) is 1. The third-order valence-electron chi connectivity index (χ3n) is 2.69. The molecule has 3 heteroatoms. The van der Waals surface area contributed by atoms with E-state index >= 15 is 0 Å². The number of aliphatic hydroxyl groups excluding tert-OH is 1. The van der Waals surface area contributed by atoms with Crippen LogP contribution in [-0.4, -0.2) is 12.2 Å². The molecular formula is C15H16O3. The van der Waals surface area contributed by atoms with Crippen LogP contribution in [0, 0.1) is 6.92 Å². The van der Waals surface area contributed by atoms with Crippen molar-refractivity contribution in [3.05, 3.63) is 53.6 Å². The van der Waals surface area contributed by atoms with Gasteiger partial charge in [0.2, 0.25) is 0 Å². The molecule has 0 saturated carbocycles. The van der Waals surface area contributed by atoms with Gasteiger partial charge in [0.1, 0.15) is 17.2 Å². The molecule has 2 aromatic carbocycles. The van der Waals surface area contributed by atoms with Crippen LogP contribution in [0.4, 0.5) is 0 Å². The molecule has 3 nitrogen and oxygen atoms in total. The van der Waals surface area contributed by atoms with Crippen LogP contribution in [-0.2, 0) is 6.61 Å². The van der Waals surface area contributed by atoms with Crippen molar-refractivity contribution in [2.75, 3.05) is 7.11 Å². The highest BCUT2D eigenvalue weighted by Crippen LogP contribution is 2.28. The Labute approximate surface area is 107 Å². The molecule has 2 rings (SSSR count). The normalized spacial score (nSPS) is 10.2. The van der Waals surface area contributed by atoms with Crippen LogP contribution in [0.1, 0.15) is 11.1 Å². The van der Waals surface area contributed by atoms with E-state index in [4.69, 9.17) is 14.6 Å². The molecular weight excluding hydrogens is 228 g/mol. The van der Waals surface area contributed by atoms with E-state index in [-0.39, 0.29) is 6.61 Å². The molecule has 0 aromatic heterocycles. The van der Waals surface area contributed by atoms with Crippen molar-refractivity contribution in [1.82, 2.24) is 0 Å². The third kappa shape index (κ3) is 2.81. The quantitative estimate of drug-likeness (QED) is 0.897. The van der Waals surface area contributed by atoms with Gasteiger partial charge in [0.15, 0.2) is 0 Å². The van der Waals surface area contributed by atoms with Crippen molar-refractivity contribution in [1.29, 1.82) is 0 Å². The van der Waals surface area contributed by atoms with E-state index in [1.54, 1.807) is 7.11 Å². The predicted molar refractivity (Wildman–Crippen MR) is 70.2 cm³/mol. The Bertz CT molecular complexity index is 535. The second-order valence-electron chi connectivity index (χ2n) is 4.04. The van der Waals surface area contributed by atoms with Crippen molar-refractivity contribution < 1.29 is 14.6 Å². The summed E-state index contributed by atoms with van der Waals surface area (Å²) in [5, 5.41) is 9.05. The first-order valence-corrected chi connectivity index (χ1v) is 5.75. The number of methoxy groups -OCH3 is 1. The fourth-order valence-corrected chi connectivity index (χ4v) is 1.72. The SMILES string of the molecule is COc1cccc(Oc2ccc(CO)cc2C)c1. The zero-order valence-corrected chi connectivity index (χ0v) is 10.5. The van der Waals surface area contributed by atoms with E-state index in [1.807, 2.05) is 49.4 Å². The number of benzene rings is 2. The molecule has 0 atom stereocenters. The Morgan fingerprint density at radius 1 is 1.06 bits per heavy atom. The highest BCUT2D eigenvalue weighted by atomic mass is 16.5. The first-order valence-electron chi connectivity index (χ1n) is 5.75. The van der Waals surface area contributed by atoms with Gasteiger partial charge in [-0.2, -0.15) is 0 Å². The molecule has 0 aliphatic carbocycles. The minimum atomic E-state index is 0.0419. The maximum absolute atomic E-state index is 9.05. The number of ether oxygens (including phenoxy) is 2. The summed E-state index contributed by atoms with van der Waals surface area (Å²) in [5.74, 6) is 2.27. The van der Waals surface area contributed by atoms with E-state index < -0.39 is 0 Å². The van der Waals surface area contributed by atoms with Crippen LogP contribution in [0.5, 0.6) is 17.2 Å². The van der Waals surface area contributed by atoms with Crippen LogP contribution in [0.2, 0.25) is 0 Å². The Morgan fingerprint density at radius 3 is 2.50 bits per heavy atom. The molecule has 0 aliphatic heterocycles. The lowest BCUT2D eigenvalue weighted by Gasteiger charge is -2.10. The summed E-state index contributed by atoms with van der Waals surface area (Å²) in [6.07, 6.45) is 0. The lowest BCUT2D eigenvalue weighted by Crippen LogP contribution is -1.91. The molecule has 0 spiro atoms. The van der Waals surface area contributed by atoms with Crippen molar-refractivity contribution in [3.63, 3.8) is 0 Å². The predicted octanol–water partition coefficient (Wildman–Crippen LogP) is 3.29. The van der Waals surface area contributed by atoms with E-state index in [0.29, 0.717) is 0 Å². The lowest BCUT2D eigenvalue weighted by atomic mass is 10.1. The Balaban J connectivity index is 2.22. The van der Waals surface area contributed by atoms with Crippen molar-refractivity contribution >= 4 is 0 Å². The standard InChI is InChI=1S/C15H16O3/c1-11-8-12(10-16)6-7-15(11)18-14-5-3-4-13(9-14)17-2/h3-9,16H,10H2,1-2H3. The second kappa shape index (κ2) is 5.56. The highest BCUT2D eigenvalue weighted by Gasteiger charge is 2.03. The van der Waals surface area contributed by atoms with Gasteiger partial charge in [-0.25, -0.2) is 0 Å². The van der Waals surface area contributed by atoms with Gasteiger partial charge in [-0.1, -0.05) is 18.2 Å². The van der Waals surface area contributed by atoms with E-state index in [0.717, 1.165) is 28.4 Å². The zero-order chi connectivity index (χ0) is 13.0. The van der Waals surface area contributed by atoms with E-state index in [9.17, 15) is 0 Å². The zero-order valence-electron chi connectivity index (χ0n) is 10.5. The molecule has 0 bridgehead atoms. The molecule has 0 aliphatic rings. The molecule has 0 radical (unpaired) electrons. The maximum Gasteiger partial charge on any atom is 0.131 e. The molecule has 1 N–H and O–H groups in total. The smallest absolute Gasteiger partial charge is 0.131 e. The first-order chi connectivity index (χ1) is 8.72.